The second-order valence-corrected chi connectivity index (χ2v) is 7.26. The first-order valence-electron chi connectivity index (χ1n) is 7.72. The molecule has 1 aromatic rings. The van der Waals surface area contributed by atoms with Gasteiger partial charge in [-0.15, -0.1) is 0 Å². The number of hydrogen-bond acceptors (Lipinski definition) is 2. The van der Waals surface area contributed by atoms with E-state index in [1.165, 1.54) is 29.7 Å². The molecule has 0 unspecified atom stereocenters. The minimum absolute atomic E-state index is 0.333. The highest BCUT2D eigenvalue weighted by Crippen LogP contribution is 2.48. The molecule has 1 N–H and O–H groups in total. The summed E-state index contributed by atoms with van der Waals surface area (Å²) in [5.41, 5.74) is 4.21. The van der Waals surface area contributed by atoms with E-state index < -0.39 is 6.09 Å². The number of halogens is 1. The fourth-order valence-electron chi connectivity index (χ4n) is 4.34. The van der Waals surface area contributed by atoms with E-state index in [2.05, 4.69) is 33.0 Å². The highest BCUT2D eigenvalue weighted by molar-refractivity contribution is 9.10. The third-order valence-corrected chi connectivity index (χ3v) is 5.67. The Bertz CT molecular complexity index is 604. The van der Waals surface area contributed by atoms with Crippen LogP contribution < -0.4 is 4.90 Å². The lowest BCUT2D eigenvalue weighted by molar-refractivity contribution is 0.127. The largest absolute Gasteiger partial charge is 0.465 e. The molecule has 4 rings (SSSR count). The van der Waals surface area contributed by atoms with Crippen molar-refractivity contribution in [2.45, 2.75) is 37.6 Å². The molecule has 0 aromatic heterocycles. The van der Waals surface area contributed by atoms with Crippen LogP contribution in [-0.2, 0) is 6.42 Å². The molecule has 5 heteroatoms. The fourth-order valence-corrected chi connectivity index (χ4v) is 4.86. The van der Waals surface area contributed by atoms with Gasteiger partial charge in [0, 0.05) is 41.8 Å². The second-order valence-electron chi connectivity index (χ2n) is 6.34. The van der Waals surface area contributed by atoms with E-state index >= 15 is 0 Å². The molecule has 1 amide bonds. The smallest absolute Gasteiger partial charge is 0.407 e. The molecule has 3 heterocycles. The number of likely N-dealkylation sites (tertiary alicyclic amines) is 1. The number of hydrogen-bond donors (Lipinski definition) is 1. The lowest BCUT2D eigenvalue weighted by atomic mass is 9.88. The van der Waals surface area contributed by atoms with E-state index in [1.54, 1.807) is 4.90 Å². The molecule has 0 saturated carbocycles. The van der Waals surface area contributed by atoms with Crippen molar-refractivity contribution in [3.63, 3.8) is 0 Å². The number of benzene rings is 1. The number of anilines is 1. The number of carbonyl (C=O) groups is 1. The van der Waals surface area contributed by atoms with Gasteiger partial charge in [-0.05, 0) is 48.9 Å². The molecule has 1 aromatic carbocycles. The standard InChI is InChI=1S/C16H19BrN2O2/c17-11-7-10-3-1-2-5-19-14-4-6-18(16(20)21)9-13(14)12(8-11)15(10)19/h7-8,13-14H,1-6,9H2,(H,20,21)/t13-,14-/m0/s1. The number of piperidine rings is 1. The van der Waals surface area contributed by atoms with Gasteiger partial charge in [0.25, 0.3) is 0 Å². The summed E-state index contributed by atoms with van der Waals surface area (Å²) in [5.74, 6) is 0.333. The minimum Gasteiger partial charge on any atom is -0.465 e. The summed E-state index contributed by atoms with van der Waals surface area (Å²) < 4.78 is 1.13. The minimum atomic E-state index is -0.782. The first kappa shape index (κ1) is 13.4. The molecule has 0 bridgehead atoms. The van der Waals surface area contributed by atoms with Crippen molar-refractivity contribution in [3.8, 4) is 0 Å². The van der Waals surface area contributed by atoms with Crippen LogP contribution in [-0.4, -0.2) is 41.8 Å². The van der Waals surface area contributed by atoms with Crippen molar-refractivity contribution < 1.29 is 9.90 Å². The average molecular weight is 351 g/mol. The van der Waals surface area contributed by atoms with Crippen molar-refractivity contribution in [2.75, 3.05) is 24.5 Å². The van der Waals surface area contributed by atoms with Crippen LogP contribution in [0, 0.1) is 0 Å². The van der Waals surface area contributed by atoms with E-state index in [1.807, 2.05) is 0 Å². The lowest BCUT2D eigenvalue weighted by Gasteiger charge is -2.37. The van der Waals surface area contributed by atoms with E-state index in [-0.39, 0.29) is 0 Å². The van der Waals surface area contributed by atoms with Crippen molar-refractivity contribution in [1.29, 1.82) is 0 Å². The predicted molar refractivity (Wildman–Crippen MR) is 85.2 cm³/mol. The Labute approximate surface area is 132 Å². The fraction of sp³-hybridized carbons (Fsp3) is 0.562. The Balaban J connectivity index is 1.80. The first-order valence-corrected chi connectivity index (χ1v) is 8.51. The molecule has 21 heavy (non-hydrogen) atoms. The van der Waals surface area contributed by atoms with Gasteiger partial charge in [-0.2, -0.15) is 0 Å². The van der Waals surface area contributed by atoms with Gasteiger partial charge < -0.3 is 14.9 Å². The molecular weight excluding hydrogens is 332 g/mol. The topological polar surface area (TPSA) is 43.8 Å². The summed E-state index contributed by atoms with van der Waals surface area (Å²) in [6.07, 6.45) is 3.79. The second kappa shape index (κ2) is 4.90. The summed E-state index contributed by atoms with van der Waals surface area (Å²) in [5, 5.41) is 9.30. The molecular formula is C16H19BrN2O2. The summed E-state index contributed by atoms with van der Waals surface area (Å²) in [7, 11) is 0. The predicted octanol–water partition coefficient (Wildman–Crippen LogP) is 3.44. The molecule has 3 aliphatic heterocycles. The van der Waals surface area contributed by atoms with E-state index in [4.69, 9.17) is 0 Å². The Morgan fingerprint density at radius 3 is 2.95 bits per heavy atom. The van der Waals surface area contributed by atoms with E-state index in [9.17, 15) is 9.90 Å². The zero-order valence-corrected chi connectivity index (χ0v) is 13.5. The summed E-state index contributed by atoms with van der Waals surface area (Å²) >= 11 is 3.64. The molecule has 0 radical (unpaired) electrons. The van der Waals surface area contributed by atoms with Gasteiger partial charge in [-0.3, -0.25) is 0 Å². The SMILES string of the molecule is O=C(O)N1CC[C@H]2[C@@H](C1)c1cc(Br)cc3c1N2CCCC3. The number of nitrogens with zero attached hydrogens (tertiary/aromatic N) is 2. The molecule has 1 fully saturated rings. The third-order valence-electron chi connectivity index (χ3n) is 5.21. The zero-order valence-electron chi connectivity index (χ0n) is 11.9. The van der Waals surface area contributed by atoms with Crippen molar-refractivity contribution >= 4 is 27.7 Å². The highest BCUT2D eigenvalue weighted by Gasteiger charge is 2.44. The maximum atomic E-state index is 11.3. The summed E-state index contributed by atoms with van der Waals surface area (Å²) in [6, 6.07) is 4.96. The van der Waals surface area contributed by atoms with E-state index in [0.29, 0.717) is 25.0 Å². The zero-order chi connectivity index (χ0) is 14.6. The van der Waals surface area contributed by atoms with Gasteiger partial charge in [0.15, 0.2) is 0 Å². The van der Waals surface area contributed by atoms with E-state index in [0.717, 1.165) is 23.9 Å². The van der Waals surface area contributed by atoms with Crippen molar-refractivity contribution in [3.05, 3.63) is 27.7 Å². The molecule has 2 atom stereocenters. The van der Waals surface area contributed by atoms with Crippen LogP contribution in [0.5, 0.6) is 0 Å². The van der Waals surface area contributed by atoms with Crippen LogP contribution in [0.25, 0.3) is 0 Å². The normalized spacial score (nSPS) is 27.1. The van der Waals surface area contributed by atoms with Crippen LogP contribution >= 0.6 is 15.9 Å². The number of rotatable bonds is 0. The molecule has 3 aliphatic rings. The quantitative estimate of drug-likeness (QED) is 0.779. The third kappa shape index (κ3) is 2.05. The first-order chi connectivity index (χ1) is 10.1. The summed E-state index contributed by atoms with van der Waals surface area (Å²) in [6.45, 7) is 2.42. The lowest BCUT2D eigenvalue weighted by Crippen LogP contribution is -2.48. The van der Waals surface area contributed by atoms with Gasteiger partial charge in [0.05, 0.1) is 0 Å². The van der Waals surface area contributed by atoms with Crippen LogP contribution in [0.15, 0.2) is 16.6 Å². The number of aryl methyl sites for hydroxylation is 1. The number of carboxylic acid groups (broad SMARTS) is 1. The molecule has 1 saturated heterocycles. The number of amides is 1. The van der Waals surface area contributed by atoms with Crippen LogP contribution in [0.3, 0.4) is 0 Å². The van der Waals surface area contributed by atoms with Gasteiger partial charge in [-0.25, -0.2) is 4.79 Å². The summed E-state index contributed by atoms with van der Waals surface area (Å²) in [4.78, 5) is 15.5. The number of fused-ring (bicyclic) bond motifs is 3. The van der Waals surface area contributed by atoms with Crippen LogP contribution in [0.2, 0.25) is 0 Å². The van der Waals surface area contributed by atoms with Crippen LogP contribution in [0.4, 0.5) is 10.5 Å². The van der Waals surface area contributed by atoms with Gasteiger partial charge in [0.1, 0.15) is 0 Å². The van der Waals surface area contributed by atoms with Crippen LogP contribution in [0.1, 0.15) is 36.3 Å². The van der Waals surface area contributed by atoms with Gasteiger partial charge in [-0.1, -0.05) is 15.9 Å². The highest BCUT2D eigenvalue weighted by atomic mass is 79.9. The Morgan fingerprint density at radius 2 is 2.14 bits per heavy atom. The van der Waals surface area contributed by atoms with Gasteiger partial charge >= 0.3 is 6.09 Å². The van der Waals surface area contributed by atoms with Gasteiger partial charge in [0.2, 0.25) is 0 Å². The van der Waals surface area contributed by atoms with Crippen molar-refractivity contribution in [1.82, 2.24) is 4.90 Å². The molecule has 0 aliphatic carbocycles. The molecule has 112 valence electrons. The monoisotopic (exact) mass is 350 g/mol. The molecule has 0 spiro atoms. The maximum Gasteiger partial charge on any atom is 0.407 e. The average Bonchev–Trinajstić information content (AvgIpc) is 2.62. The Hall–Kier alpha value is -1.23. The van der Waals surface area contributed by atoms with Crippen molar-refractivity contribution in [2.24, 2.45) is 0 Å². The Kier molecular flexibility index (Phi) is 3.14. The maximum absolute atomic E-state index is 11.3. The Morgan fingerprint density at radius 1 is 1.29 bits per heavy atom. The molecule has 4 nitrogen and oxygen atoms in total.